The van der Waals surface area contributed by atoms with Crippen LogP contribution in [0.2, 0.25) is 0 Å². The third-order valence-corrected chi connectivity index (χ3v) is 32.0. The number of imidazole rings is 4. The van der Waals surface area contributed by atoms with Gasteiger partial charge in [0.15, 0.2) is 5.65 Å². The van der Waals surface area contributed by atoms with Crippen molar-refractivity contribution < 1.29 is 0 Å². The van der Waals surface area contributed by atoms with Crippen LogP contribution < -0.4 is 0 Å². The van der Waals surface area contributed by atoms with Gasteiger partial charge in [-0.3, -0.25) is 57.5 Å². The Morgan fingerprint density at radius 1 is 0.150 bits per heavy atom. The maximum atomic E-state index is 5.29. The lowest BCUT2D eigenvalue weighted by Gasteiger charge is -2.08. The SMILES string of the molecule is c1ccc2c(c1)Cc1c-2ccc2c1Cc1c-2ccc2c1nc1c3cccnc3c3ncccc3n21.c1ccc2c(c1)Cc1c-2ccc2c1Cc1c-2ccc2c1nc1c3ccncc3c3ncccc3n21.c1ccc2c(c1)Cc1c-2ccc2c1Cc1c-2ccc2c1nc1c3cnccc3c3ncccc3n21.c1ccc2c(c1)Cc1c-2ccc2c1Cc1c-2ccc2c1nc1c3ncccc3c3ncccc3n21. The molecule has 0 unspecified atom stereocenters. The molecule has 0 amide bonds. The summed E-state index contributed by atoms with van der Waals surface area (Å²) >= 11 is 0. The van der Waals surface area contributed by atoms with Crippen LogP contribution in [-0.4, -0.2) is 77.4 Å². The largest absolute Gasteiger partial charge is 0.290 e. The highest BCUT2D eigenvalue weighted by Crippen LogP contribution is 2.55. The van der Waals surface area contributed by atoms with E-state index in [0.717, 1.165) is 206 Å². The van der Waals surface area contributed by atoms with Gasteiger partial charge in [-0.15, -0.1) is 0 Å². The Hall–Kier alpha value is -18.3. The smallest absolute Gasteiger partial charge is 0.165 e. The summed E-state index contributed by atoms with van der Waals surface area (Å²) in [4.78, 5) is 58.2. The Kier molecular flexibility index (Phi) is 14.9. The molecule has 28 aromatic rings. The molecule has 16 heteroatoms. The predicted octanol–water partition coefficient (Wildman–Crippen LogP) is 26.9. The van der Waals surface area contributed by atoms with Crippen LogP contribution in [0.1, 0.15) is 89.0 Å². The van der Waals surface area contributed by atoms with Gasteiger partial charge >= 0.3 is 0 Å². The Morgan fingerprint density at radius 3 is 0.821 bits per heavy atom. The molecular weight excluding hydrogens is 1710 g/mol. The van der Waals surface area contributed by atoms with E-state index in [1.807, 2.05) is 104 Å². The standard InChI is InChI=1S/4C31H18N4/c1-2-6-18-17(5-1)15-23-19(18)9-10-20-21-11-12-27-28(25(21)16-24(20)23)34-31-22-7-3-13-32-29(22)30-26(35(27)31)8-4-14-33-30;1-2-6-18-17(5-1)15-23-19(18)9-10-20-21-11-12-27-29(25(21)16-24(20)23)34-31-30-22(7-3-13-33-30)28-26(35(27)31)8-4-14-32-28;1-2-5-18-17(4-1)14-23-19(18)7-8-20-21-9-10-28-30(25(21)15-24(20)23)34-31-22-11-13-32-16-26(22)29-27(35(28)31)6-3-12-33-29;1-2-5-18-17(4-1)14-23-19(18)7-8-20-21-9-10-28-30(25(21)15-24(20)23)34-31-26-16-32-13-11-22(26)29-27(35(28)31)6-3-12-33-29/h2*1-14H,15-16H2;2*1-13,16H,14-15H2. The monoisotopic (exact) mass is 1780 g/mol. The molecule has 0 spiro atoms. The van der Waals surface area contributed by atoms with Crippen molar-refractivity contribution in [3.63, 3.8) is 0 Å². The van der Waals surface area contributed by atoms with Gasteiger partial charge in [-0.2, -0.15) is 0 Å². The van der Waals surface area contributed by atoms with Gasteiger partial charge in [0.25, 0.3) is 0 Å². The molecule has 12 aromatic carbocycles. The minimum atomic E-state index is 0.899. The normalized spacial score (nSPS) is 13.5. The number of nitrogens with zero attached hydrogens (tertiary/aromatic N) is 16. The molecule has 36 rings (SSSR count). The van der Waals surface area contributed by atoms with Crippen LogP contribution in [-0.2, 0) is 51.4 Å². The molecule has 0 bridgehead atoms. The third kappa shape index (κ3) is 10.1. The Balaban J connectivity index is 0.0000000829. The highest BCUT2D eigenvalue weighted by molar-refractivity contribution is 6.17. The minimum Gasteiger partial charge on any atom is -0.290 e. The fraction of sp³-hybridized carbons (Fsp3) is 0.0645. The minimum absolute atomic E-state index is 0.899. The second-order valence-electron chi connectivity index (χ2n) is 38.6. The van der Waals surface area contributed by atoms with E-state index >= 15 is 0 Å². The number of hydrogen-bond acceptors (Lipinski definition) is 12. The van der Waals surface area contributed by atoms with Crippen molar-refractivity contribution >= 4 is 154 Å². The van der Waals surface area contributed by atoms with Gasteiger partial charge in [-0.05, 0) is 313 Å². The molecule has 8 aliphatic carbocycles. The fourth-order valence-electron chi connectivity index (χ4n) is 26.0. The van der Waals surface area contributed by atoms with Crippen molar-refractivity contribution in [2.45, 2.75) is 51.4 Å². The molecule has 0 saturated heterocycles. The van der Waals surface area contributed by atoms with Crippen LogP contribution in [0.5, 0.6) is 0 Å². The predicted molar refractivity (Wildman–Crippen MR) is 559 cm³/mol. The van der Waals surface area contributed by atoms with E-state index in [1.165, 1.54) is 178 Å². The first-order valence-electron chi connectivity index (χ1n) is 48.2. The zero-order valence-corrected chi connectivity index (χ0v) is 75.1. The molecule has 16 nitrogen and oxygen atoms in total. The lowest BCUT2D eigenvalue weighted by Crippen LogP contribution is -1.94. The maximum Gasteiger partial charge on any atom is 0.165 e. The lowest BCUT2D eigenvalue weighted by atomic mass is 9.96. The zero-order valence-electron chi connectivity index (χ0n) is 75.1. The molecule has 0 N–H and O–H groups in total. The van der Waals surface area contributed by atoms with Gasteiger partial charge in [-0.1, -0.05) is 170 Å². The lowest BCUT2D eigenvalue weighted by molar-refractivity contribution is 1.17. The Bertz CT molecular complexity index is 9460. The van der Waals surface area contributed by atoms with E-state index < -0.39 is 0 Å². The van der Waals surface area contributed by atoms with Crippen LogP contribution in [0.15, 0.2) is 341 Å². The van der Waals surface area contributed by atoms with Crippen molar-refractivity contribution in [2.75, 3.05) is 0 Å². The fourth-order valence-corrected chi connectivity index (χ4v) is 26.0. The third-order valence-electron chi connectivity index (χ3n) is 32.0. The second-order valence-corrected chi connectivity index (χ2v) is 38.6. The van der Waals surface area contributed by atoms with Crippen LogP contribution in [0.4, 0.5) is 0 Å². The molecule has 0 atom stereocenters. The van der Waals surface area contributed by atoms with E-state index in [1.54, 1.807) is 0 Å². The average molecular weight is 1790 g/mol. The van der Waals surface area contributed by atoms with Crippen molar-refractivity contribution in [3.8, 4) is 89.0 Å². The van der Waals surface area contributed by atoms with Crippen molar-refractivity contribution in [3.05, 3.63) is 430 Å². The first kappa shape index (κ1) is 75.1. The molecule has 0 aliphatic heterocycles. The quantitative estimate of drug-likeness (QED) is 0.132. The summed E-state index contributed by atoms with van der Waals surface area (Å²) in [6, 6.07) is 101. The number of rotatable bonds is 0. The van der Waals surface area contributed by atoms with Gasteiger partial charge in [0.1, 0.15) is 33.5 Å². The van der Waals surface area contributed by atoms with Crippen LogP contribution in [0, 0.1) is 0 Å². The first-order chi connectivity index (χ1) is 69.5. The number of benzene rings is 12. The summed E-state index contributed by atoms with van der Waals surface area (Å²) in [5.41, 5.74) is 67.3. The zero-order chi connectivity index (χ0) is 90.7. The van der Waals surface area contributed by atoms with Crippen molar-refractivity contribution in [1.29, 1.82) is 0 Å². The van der Waals surface area contributed by atoms with Crippen molar-refractivity contribution in [1.82, 2.24) is 77.4 Å². The molecule has 0 fully saturated rings. The molecule has 648 valence electrons. The highest BCUT2D eigenvalue weighted by Gasteiger charge is 2.37. The Labute approximate surface area is 796 Å². The first-order valence-corrected chi connectivity index (χ1v) is 48.2. The molecular formula is C124H72N16. The molecule has 8 aliphatic rings. The molecule has 0 radical (unpaired) electrons. The topological polar surface area (TPSA) is 172 Å². The summed E-state index contributed by atoms with van der Waals surface area (Å²) < 4.78 is 9.07. The molecule has 16 aromatic heterocycles. The second kappa shape index (κ2) is 27.7. The van der Waals surface area contributed by atoms with E-state index in [4.69, 9.17) is 44.9 Å². The van der Waals surface area contributed by atoms with Gasteiger partial charge < -0.3 is 0 Å². The van der Waals surface area contributed by atoms with Crippen LogP contribution in [0.3, 0.4) is 0 Å². The Morgan fingerprint density at radius 2 is 0.414 bits per heavy atom. The van der Waals surface area contributed by atoms with Crippen LogP contribution in [0.25, 0.3) is 243 Å². The summed E-state index contributed by atoms with van der Waals surface area (Å²) in [5.74, 6) is 0. The highest BCUT2D eigenvalue weighted by atomic mass is 15.1. The molecule has 140 heavy (non-hydrogen) atoms. The number of pyridine rings is 12. The van der Waals surface area contributed by atoms with Crippen molar-refractivity contribution in [2.24, 2.45) is 0 Å². The molecule has 16 heterocycles. The summed E-state index contributed by atoms with van der Waals surface area (Å²) in [5, 5.41) is 6.34. The van der Waals surface area contributed by atoms with E-state index in [0.29, 0.717) is 0 Å². The number of fused-ring (bicyclic) bond motifs is 64. The summed E-state index contributed by atoms with van der Waals surface area (Å²) in [6.45, 7) is 0. The van der Waals surface area contributed by atoms with E-state index in [2.05, 4.69) is 269 Å². The maximum absolute atomic E-state index is 5.29. The van der Waals surface area contributed by atoms with Gasteiger partial charge in [0.05, 0.1) is 82.8 Å². The number of hydrogen-bond donors (Lipinski definition) is 0. The van der Waals surface area contributed by atoms with E-state index in [-0.39, 0.29) is 0 Å². The van der Waals surface area contributed by atoms with Crippen LogP contribution >= 0.6 is 0 Å². The summed E-state index contributed by atoms with van der Waals surface area (Å²) in [7, 11) is 0. The number of aromatic nitrogens is 16. The summed E-state index contributed by atoms with van der Waals surface area (Å²) in [6.07, 6.45) is 26.4. The van der Waals surface area contributed by atoms with E-state index in [9.17, 15) is 0 Å². The van der Waals surface area contributed by atoms with Gasteiger partial charge in [-0.25, -0.2) is 19.9 Å². The van der Waals surface area contributed by atoms with Gasteiger partial charge in [0.2, 0.25) is 0 Å². The average Bonchev–Trinajstić information content (AvgIpc) is 1.55. The van der Waals surface area contributed by atoms with Gasteiger partial charge in [0, 0.05) is 120 Å². The molecule has 0 saturated carbocycles.